The lowest BCUT2D eigenvalue weighted by Gasteiger charge is -2.22. The van der Waals surface area contributed by atoms with Gasteiger partial charge in [0.2, 0.25) is 5.91 Å². The zero-order valence-corrected chi connectivity index (χ0v) is 19.4. The number of amides is 1. The number of hydrogen-bond donors (Lipinski definition) is 2. The van der Waals surface area contributed by atoms with Gasteiger partial charge in [-0.15, -0.1) is 24.0 Å². The predicted molar refractivity (Wildman–Crippen MR) is 125 cm³/mol. The highest BCUT2D eigenvalue weighted by Gasteiger charge is 2.29. The Hall–Kier alpha value is -1.35. The van der Waals surface area contributed by atoms with Crippen molar-refractivity contribution in [2.24, 2.45) is 10.9 Å². The summed E-state index contributed by atoms with van der Waals surface area (Å²) >= 11 is 0. The van der Waals surface area contributed by atoms with Gasteiger partial charge in [-0.05, 0) is 38.4 Å². The minimum atomic E-state index is 0. The van der Waals surface area contributed by atoms with E-state index in [9.17, 15) is 4.79 Å². The number of halogens is 1. The monoisotopic (exact) mass is 499 g/mol. The molecule has 2 atom stereocenters. The highest BCUT2D eigenvalue weighted by Crippen LogP contribution is 2.18. The summed E-state index contributed by atoms with van der Waals surface area (Å²) < 4.78 is 0. The first-order valence-corrected chi connectivity index (χ1v) is 10.1. The van der Waals surface area contributed by atoms with Gasteiger partial charge in [0.15, 0.2) is 5.96 Å². The van der Waals surface area contributed by atoms with E-state index in [2.05, 4.69) is 51.8 Å². The molecule has 0 spiro atoms. The van der Waals surface area contributed by atoms with Crippen molar-refractivity contribution >= 4 is 35.8 Å². The lowest BCUT2D eigenvalue weighted by atomic mass is 10.1. The van der Waals surface area contributed by atoms with Crippen LogP contribution < -0.4 is 10.6 Å². The van der Waals surface area contributed by atoms with Crippen LogP contribution in [0.3, 0.4) is 0 Å². The molecular weight excluding hydrogens is 465 g/mol. The topological polar surface area (TPSA) is 60.0 Å². The molecule has 1 aromatic rings. The number of hydrogen-bond acceptors (Lipinski definition) is 3. The van der Waals surface area contributed by atoms with Crippen molar-refractivity contribution in [3.63, 3.8) is 0 Å². The fraction of sp³-hybridized carbons (Fsp3) is 0.619. The third-order valence-corrected chi connectivity index (χ3v) is 5.77. The van der Waals surface area contributed by atoms with E-state index in [1.54, 1.807) is 7.05 Å². The third kappa shape index (κ3) is 6.62. The minimum absolute atomic E-state index is 0. The summed E-state index contributed by atoms with van der Waals surface area (Å²) in [5, 5.41) is 6.84. The Morgan fingerprint density at radius 3 is 2.64 bits per heavy atom. The van der Waals surface area contributed by atoms with E-state index in [0.29, 0.717) is 18.4 Å². The lowest BCUT2D eigenvalue weighted by Crippen LogP contribution is -2.45. The Morgan fingerprint density at radius 1 is 1.21 bits per heavy atom. The van der Waals surface area contributed by atoms with Crippen molar-refractivity contribution in [1.82, 2.24) is 20.4 Å². The van der Waals surface area contributed by atoms with Gasteiger partial charge in [-0.3, -0.25) is 9.79 Å². The third-order valence-electron chi connectivity index (χ3n) is 5.77. The average Bonchev–Trinajstić information content (AvgIpc) is 3.26. The number of carbonyl (C=O) groups is 1. The molecule has 28 heavy (non-hydrogen) atoms. The van der Waals surface area contributed by atoms with Crippen LogP contribution in [0.15, 0.2) is 35.3 Å². The van der Waals surface area contributed by atoms with Crippen LogP contribution in [0, 0.1) is 5.92 Å². The number of likely N-dealkylation sites (N-methyl/N-ethyl adjacent to an activating group) is 1. The SMILES string of the molecule is CN=C(NCC1CC(=O)N(CCc2ccccc2)C1)NCC1CCCN1C.I. The molecule has 0 radical (unpaired) electrons. The van der Waals surface area contributed by atoms with Crippen LogP contribution in [0.25, 0.3) is 0 Å². The molecule has 1 aromatic carbocycles. The summed E-state index contributed by atoms with van der Waals surface area (Å²) in [4.78, 5) is 21.0. The zero-order valence-electron chi connectivity index (χ0n) is 17.1. The predicted octanol–water partition coefficient (Wildman–Crippen LogP) is 1.95. The molecule has 3 rings (SSSR count). The first kappa shape index (κ1) is 22.9. The van der Waals surface area contributed by atoms with Crippen LogP contribution in [0.1, 0.15) is 24.8 Å². The number of carbonyl (C=O) groups excluding carboxylic acids is 1. The number of benzene rings is 1. The molecule has 2 aliphatic heterocycles. The number of likely N-dealkylation sites (tertiary alicyclic amines) is 2. The maximum Gasteiger partial charge on any atom is 0.223 e. The molecule has 0 bridgehead atoms. The van der Waals surface area contributed by atoms with E-state index >= 15 is 0 Å². The Morgan fingerprint density at radius 2 is 1.96 bits per heavy atom. The number of guanidine groups is 1. The molecular formula is C21H34IN5O. The van der Waals surface area contributed by atoms with E-state index in [1.807, 2.05) is 11.0 Å². The van der Waals surface area contributed by atoms with E-state index in [1.165, 1.54) is 24.9 Å². The summed E-state index contributed by atoms with van der Waals surface area (Å²) in [6, 6.07) is 11.0. The molecule has 2 unspecified atom stereocenters. The van der Waals surface area contributed by atoms with E-state index in [4.69, 9.17) is 0 Å². The van der Waals surface area contributed by atoms with Gasteiger partial charge < -0.3 is 20.4 Å². The van der Waals surface area contributed by atoms with Crippen molar-refractivity contribution in [2.75, 3.05) is 46.8 Å². The van der Waals surface area contributed by atoms with Gasteiger partial charge >= 0.3 is 0 Å². The van der Waals surface area contributed by atoms with Gasteiger partial charge in [0.1, 0.15) is 0 Å². The van der Waals surface area contributed by atoms with Gasteiger partial charge in [0, 0.05) is 51.6 Å². The Kier molecular flexibility index (Phi) is 9.50. The van der Waals surface area contributed by atoms with E-state index < -0.39 is 0 Å². The molecule has 1 amide bonds. The summed E-state index contributed by atoms with van der Waals surface area (Å²) in [5.41, 5.74) is 1.29. The summed E-state index contributed by atoms with van der Waals surface area (Å²) in [6.07, 6.45) is 4.07. The fourth-order valence-electron chi connectivity index (χ4n) is 4.03. The van der Waals surface area contributed by atoms with E-state index in [0.717, 1.165) is 38.6 Å². The molecule has 2 saturated heterocycles. The Balaban J connectivity index is 0.00000280. The number of nitrogens with zero attached hydrogens (tertiary/aromatic N) is 3. The summed E-state index contributed by atoms with van der Waals surface area (Å²) in [7, 11) is 3.99. The molecule has 6 nitrogen and oxygen atoms in total. The molecule has 0 aliphatic carbocycles. The second-order valence-electron chi connectivity index (χ2n) is 7.76. The van der Waals surface area contributed by atoms with Crippen molar-refractivity contribution in [2.45, 2.75) is 31.7 Å². The highest BCUT2D eigenvalue weighted by molar-refractivity contribution is 14.0. The fourth-order valence-corrected chi connectivity index (χ4v) is 4.03. The smallest absolute Gasteiger partial charge is 0.223 e. The number of nitrogens with one attached hydrogen (secondary N) is 2. The standard InChI is InChI=1S/C21H33N5O.HI/c1-22-21(24-15-19-9-6-11-25(19)2)23-14-18-13-20(27)26(16-18)12-10-17-7-4-3-5-8-17;/h3-5,7-8,18-19H,6,9-16H2,1-2H3,(H2,22,23,24);1H. The molecule has 0 aromatic heterocycles. The Bertz CT molecular complexity index is 639. The van der Waals surface area contributed by atoms with Gasteiger partial charge in [-0.2, -0.15) is 0 Å². The molecule has 2 N–H and O–H groups in total. The first-order valence-electron chi connectivity index (χ1n) is 10.1. The quantitative estimate of drug-likeness (QED) is 0.342. The van der Waals surface area contributed by atoms with Gasteiger partial charge in [-0.25, -0.2) is 0 Å². The van der Waals surface area contributed by atoms with Gasteiger partial charge in [0.25, 0.3) is 0 Å². The van der Waals surface area contributed by atoms with Crippen molar-refractivity contribution < 1.29 is 4.79 Å². The van der Waals surface area contributed by atoms with Crippen LogP contribution in [0.5, 0.6) is 0 Å². The zero-order chi connectivity index (χ0) is 19.1. The Labute approximate surface area is 186 Å². The molecule has 2 heterocycles. The van der Waals surface area contributed by atoms with E-state index in [-0.39, 0.29) is 29.9 Å². The largest absolute Gasteiger partial charge is 0.356 e. The molecule has 0 saturated carbocycles. The molecule has 156 valence electrons. The molecule has 2 fully saturated rings. The summed E-state index contributed by atoms with van der Waals surface area (Å²) in [5.74, 6) is 1.46. The van der Waals surface area contributed by atoms with Crippen molar-refractivity contribution in [3.05, 3.63) is 35.9 Å². The number of aliphatic imine (C=N–C) groups is 1. The van der Waals surface area contributed by atoms with Crippen molar-refractivity contribution in [1.29, 1.82) is 0 Å². The first-order chi connectivity index (χ1) is 13.2. The average molecular weight is 499 g/mol. The van der Waals surface area contributed by atoms with Gasteiger partial charge in [-0.1, -0.05) is 30.3 Å². The molecule has 2 aliphatic rings. The second kappa shape index (κ2) is 11.6. The van der Waals surface area contributed by atoms with Gasteiger partial charge in [0.05, 0.1) is 0 Å². The van der Waals surface area contributed by atoms with Crippen LogP contribution in [-0.2, 0) is 11.2 Å². The maximum absolute atomic E-state index is 12.3. The highest BCUT2D eigenvalue weighted by atomic mass is 127. The van der Waals surface area contributed by atoms with Crippen molar-refractivity contribution in [3.8, 4) is 0 Å². The normalized spacial score (nSPS) is 23.0. The van der Waals surface area contributed by atoms with Crippen LogP contribution in [0.4, 0.5) is 0 Å². The van der Waals surface area contributed by atoms with Crippen LogP contribution in [-0.4, -0.2) is 74.5 Å². The molecule has 7 heteroatoms. The summed E-state index contributed by atoms with van der Waals surface area (Å²) in [6.45, 7) is 4.53. The van der Waals surface area contributed by atoms with Crippen LogP contribution in [0.2, 0.25) is 0 Å². The minimum Gasteiger partial charge on any atom is -0.356 e. The number of rotatable bonds is 7. The lowest BCUT2D eigenvalue weighted by molar-refractivity contribution is -0.127. The second-order valence-corrected chi connectivity index (χ2v) is 7.76. The maximum atomic E-state index is 12.3. The van der Waals surface area contributed by atoms with Crippen LogP contribution >= 0.6 is 24.0 Å².